The van der Waals surface area contributed by atoms with E-state index in [1.54, 1.807) is 35.4 Å². The van der Waals surface area contributed by atoms with Gasteiger partial charge in [0.2, 0.25) is 5.95 Å². The third kappa shape index (κ3) is 6.76. The van der Waals surface area contributed by atoms with Crippen LogP contribution in [0.15, 0.2) is 91.5 Å². The number of urea groups is 2. The summed E-state index contributed by atoms with van der Waals surface area (Å²) in [5.74, 6) is 0.426. The number of aliphatic hydroxyl groups excluding tert-OH is 2. The second-order valence-electron chi connectivity index (χ2n) is 14.0. The van der Waals surface area contributed by atoms with Crippen molar-refractivity contribution in [2.75, 3.05) is 48.8 Å². The van der Waals surface area contributed by atoms with Gasteiger partial charge < -0.3 is 40.5 Å². The van der Waals surface area contributed by atoms with Crippen LogP contribution in [0, 0.1) is 0 Å². The molecular formula is C38H41N11O5. The number of fused-ring (bicyclic) bond motifs is 1. The van der Waals surface area contributed by atoms with Crippen LogP contribution in [0.5, 0.6) is 0 Å². The summed E-state index contributed by atoms with van der Waals surface area (Å²) in [4.78, 5) is 61.5. The third-order valence-corrected chi connectivity index (χ3v) is 10.5. The number of carbonyl (C=O) groups is 3. The molecule has 16 nitrogen and oxygen atoms in total. The third-order valence-electron chi connectivity index (χ3n) is 10.5. The molecule has 2 saturated heterocycles. The Bertz CT molecular complexity index is 2100. The molecule has 3 aliphatic rings. The molecule has 5 aromatic rings. The fourth-order valence-electron chi connectivity index (χ4n) is 7.74. The fourth-order valence-corrected chi connectivity index (χ4v) is 7.74. The van der Waals surface area contributed by atoms with Gasteiger partial charge in [0.05, 0.1) is 30.3 Å². The van der Waals surface area contributed by atoms with E-state index in [0.717, 1.165) is 16.0 Å². The van der Waals surface area contributed by atoms with Gasteiger partial charge in [-0.25, -0.2) is 14.6 Å². The van der Waals surface area contributed by atoms with E-state index in [1.807, 2.05) is 41.3 Å². The Morgan fingerprint density at radius 2 is 1.67 bits per heavy atom. The summed E-state index contributed by atoms with van der Waals surface area (Å²) < 4.78 is 1.70. The van der Waals surface area contributed by atoms with Crippen molar-refractivity contribution >= 4 is 46.6 Å². The van der Waals surface area contributed by atoms with Gasteiger partial charge >= 0.3 is 12.1 Å². The summed E-state index contributed by atoms with van der Waals surface area (Å²) in [6.07, 6.45) is 2.83. The maximum atomic E-state index is 12.9. The monoisotopic (exact) mass is 731 g/mol. The molecule has 0 radical (unpaired) electrons. The average molecular weight is 732 g/mol. The van der Waals surface area contributed by atoms with E-state index in [2.05, 4.69) is 45.2 Å². The van der Waals surface area contributed by atoms with Crippen molar-refractivity contribution in [1.29, 1.82) is 0 Å². The zero-order chi connectivity index (χ0) is 37.3. The van der Waals surface area contributed by atoms with E-state index in [9.17, 15) is 24.6 Å². The number of carbonyl (C=O) groups excluding carboxylic acids is 3. The second kappa shape index (κ2) is 14.7. The van der Waals surface area contributed by atoms with Gasteiger partial charge in [0.1, 0.15) is 18.8 Å². The number of amides is 5. The zero-order valence-electron chi connectivity index (χ0n) is 29.6. The number of pyridine rings is 1. The number of likely N-dealkylation sites (N-methyl/N-ethyl adjacent to an activating group) is 1. The molecule has 54 heavy (non-hydrogen) atoms. The van der Waals surface area contributed by atoms with E-state index in [1.165, 1.54) is 11.9 Å². The van der Waals surface area contributed by atoms with Crippen LogP contribution >= 0.6 is 0 Å². The molecule has 0 spiro atoms. The number of nitrogens with one attached hydrogen (secondary N) is 3. The first-order chi connectivity index (χ1) is 26.2. The van der Waals surface area contributed by atoms with Crippen molar-refractivity contribution in [3.63, 3.8) is 0 Å². The first kappa shape index (κ1) is 34.9. The van der Waals surface area contributed by atoms with Crippen molar-refractivity contribution in [1.82, 2.24) is 39.6 Å². The van der Waals surface area contributed by atoms with Crippen LogP contribution in [0.1, 0.15) is 35.9 Å². The molecule has 2 aliphatic heterocycles. The first-order valence-electron chi connectivity index (χ1n) is 18.0. The van der Waals surface area contributed by atoms with Crippen molar-refractivity contribution < 1.29 is 24.6 Å². The van der Waals surface area contributed by atoms with Crippen molar-refractivity contribution in [2.24, 2.45) is 0 Å². The first-order valence-corrected chi connectivity index (χ1v) is 18.0. The van der Waals surface area contributed by atoms with Gasteiger partial charge in [-0.2, -0.15) is 9.97 Å². The Labute approximate surface area is 310 Å². The minimum Gasteiger partial charge on any atom is -0.388 e. The Kier molecular flexibility index (Phi) is 9.52. The summed E-state index contributed by atoms with van der Waals surface area (Å²) >= 11 is 0. The average Bonchev–Trinajstić information content (AvgIpc) is 3.95. The predicted molar refractivity (Wildman–Crippen MR) is 200 cm³/mol. The highest BCUT2D eigenvalue weighted by Crippen LogP contribution is 2.38. The molecule has 5 heterocycles. The zero-order valence-corrected chi connectivity index (χ0v) is 29.6. The molecule has 278 valence electrons. The maximum Gasteiger partial charge on any atom is 0.327 e. The highest BCUT2D eigenvalue weighted by atomic mass is 16.3. The summed E-state index contributed by atoms with van der Waals surface area (Å²) in [7, 11) is 1.53. The number of benzene rings is 2. The number of imidazole rings is 1. The number of nitrogens with zero attached hydrogens (tertiary/aromatic N) is 8. The molecule has 5 amide bonds. The maximum absolute atomic E-state index is 12.9. The molecule has 0 bridgehead atoms. The SMILES string of the molecule is CN1CC(=O)N([C@H]2C[C@@H](n3cnc4c(NCC(c5ccccc5)c5ccccc5)nc(N5CCC(NC(=O)Nc6cccnc6)C5)nc43)[C@H](O)[C@@H]2O)C1=O. The Hall–Kier alpha value is -6.13. The second-order valence-corrected chi connectivity index (χ2v) is 14.0. The quantitative estimate of drug-likeness (QED) is 0.133. The van der Waals surface area contributed by atoms with Crippen molar-refractivity contribution in [2.45, 2.75) is 49.1 Å². The normalized spacial score (nSPS) is 22.8. The molecule has 16 heteroatoms. The summed E-state index contributed by atoms with van der Waals surface area (Å²) in [6, 6.07) is 21.2. The molecule has 1 saturated carbocycles. The molecular weight excluding hydrogens is 690 g/mol. The lowest BCUT2D eigenvalue weighted by molar-refractivity contribution is -0.128. The molecule has 8 rings (SSSR count). The molecule has 1 unspecified atom stereocenters. The lowest BCUT2D eigenvalue weighted by Crippen LogP contribution is -2.47. The van der Waals surface area contributed by atoms with Gasteiger partial charge in [0.25, 0.3) is 5.91 Å². The molecule has 3 aromatic heterocycles. The van der Waals surface area contributed by atoms with E-state index < -0.39 is 36.2 Å². The lowest BCUT2D eigenvalue weighted by Gasteiger charge is -2.24. The minimum absolute atomic E-state index is 0.0251. The fraction of sp³-hybridized carbons (Fsp3) is 0.342. The standard InChI is InChI=1S/C38H41N11O5/c1-46-21-30(50)49(38(46)54)29-17-28(32(51)33(29)52)48-22-41-31-34(40-19-27(23-9-4-2-5-10-23)24-11-6-3-7-12-24)44-36(45-35(31)48)47-16-14-26(20-47)43-37(53)42-25-13-8-15-39-18-25/h2-13,15,18,22,26-29,32-33,51-52H,14,16-17,19-21H2,1H3,(H,40,44,45)(H2,42,43,53)/t26?,28-,29+,32+,33-/m1/s1. The number of imide groups is 1. The van der Waals surface area contributed by atoms with Gasteiger partial charge in [-0.15, -0.1) is 0 Å². The van der Waals surface area contributed by atoms with Crippen LogP contribution in [-0.2, 0) is 4.79 Å². The Morgan fingerprint density at radius 1 is 0.944 bits per heavy atom. The van der Waals surface area contributed by atoms with E-state index in [-0.39, 0.29) is 31.0 Å². The van der Waals surface area contributed by atoms with Crippen molar-refractivity contribution in [3.8, 4) is 0 Å². The smallest absolute Gasteiger partial charge is 0.327 e. The Balaban J connectivity index is 1.11. The van der Waals surface area contributed by atoms with E-state index in [4.69, 9.17) is 15.0 Å². The molecule has 5 N–H and O–H groups in total. The van der Waals surface area contributed by atoms with E-state index in [0.29, 0.717) is 54.7 Å². The number of hydrogen-bond acceptors (Lipinski definition) is 11. The van der Waals surface area contributed by atoms with Crippen LogP contribution in [0.4, 0.5) is 27.0 Å². The van der Waals surface area contributed by atoms with Gasteiger partial charge in [0, 0.05) is 44.8 Å². The van der Waals surface area contributed by atoms with Gasteiger partial charge in [-0.05, 0) is 36.1 Å². The van der Waals surface area contributed by atoms with Crippen LogP contribution in [-0.4, -0.2) is 120 Å². The van der Waals surface area contributed by atoms with Crippen LogP contribution < -0.4 is 20.9 Å². The largest absolute Gasteiger partial charge is 0.388 e. The number of rotatable bonds is 10. The number of hydrogen-bond donors (Lipinski definition) is 5. The van der Waals surface area contributed by atoms with Gasteiger partial charge in [-0.3, -0.25) is 14.7 Å². The summed E-state index contributed by atoms with van der Waals surface area (Å²) in [6.45, 7) is 1.39. The number of aromatic nitrogens is 5. The van der Waals surface area contributed by atoms with Crippen LogP contribution in [0.25, 0.3) is 11.2 Å². The summed E-state index contributed by atoms with van der Waals surface area (Å²) in [5, 5.41) is 31.9. The highest BCUT2D eigenvalue weighted by Gasteiger charge is 2.51. The minimum atomic E-state index is -1.37. The molecule has 2 aromatic carbocycles. The number of anilines is 3. The van der Waals surface area contributed by atoms with Crippen molar-refractivity contribution in [3.05, 3.63) is 103 Å². The van der Waals surface area contributed by atoms with Crippen LogP contribution in [0.3, 0.4) is 0 Å². The van der Waals surface area contributed by atoms with Crippen LogP contribution in [0.2, 0.25) is 0 Å². The van der Waals surface area contributed by atoms with Gasteiger partial charge in [-0.1, -0.05) is 60.7 Å². The molecule has 5 atom stereocenters. The van der Waals surface area contributed by atoms with Gasteiger partial charge in [0.15, 0.2) is 17.0 Å². The number of aliphatic hydroxyl groups is 2. The lowest BCUT2D eigenvalue weighted by atomic mass is 9.91. The predicted octanol–water partition coefficient (Wildman–Crippen LogP) is 2.79. The van der Waals surface area contributed by atoms with E-state index >= 15 is 0 Å². The topological polar surface area (TPSA) is 194 Å². The molecule has 1 aliphatic carbocycles. The molecule has 3 fully saturated rings. The summed E-state index contributed by atoms with van der Waals surface area (Å²) in [5.41, 5.74) is 3.70. The highest BCUT2D eigenvalue weighted by molar-refractivity contribution is 6.02. The Morgan fingerprint density at radius 3 is 2.33 bits per heavy atom.